The van der Waals surface area contributed by atoms with Crippen LogP contribution in [0.25, 0.3) is 0 Å². The summed E-state index contributed by atoms with van der Waals surface area (Å²) in [6.07, 6.45) is 1.58. The molecule has 0 aromatic rings. The second-order valence-corrected chi connectivity index (χ2v) is 2.39. The highest BCUT2D eigenvalue weighted by Crippen LogP contribution is 2.11. The second kappa shape index (κ2) is 2.48. The van der Waals surface area contributed by atoms with E-state index in [1.807, 2.05) is 6.92 Å². The summed E-state index contributed by atoms with van der Waals surface area (Å²) < 4.78 is 0. The number of hydrogen-bond donors (Lipinski definition) is 3. The van der Waals surface area contributed by atoms with Gasteiger partial charge in [0.25, 0.3) is 0 Å². The molecule has 0 saturated carbocycles. The Hall–Kier alpha value is -0.740. The van der Waals surface area contributed by atoms with E-state index in [-0.39, 0.29) is 0 Å². The fourth-order valence-electron chi connectivity index (χ4n) is 0.734. The van der Waals surface area contributed by atoms with Gasteiger partial charge in [0.2, 0.25) is 5.88 Å². The normalized spacial score (nSPS) is 31.3. The first-order valence-electron chi connectivity index (χ1n) is 3.27. The van der Waals surface area contributed by atoms with Crippen LogP contribution < -0.4 is 10.8 Å². The largest absolute Gasteiger partial charge is 0.388 e. The van der Waals surface area contributed by atoms with Crippen molar-refractivity contribution in [1.29, 1.82) is 0 Å². The predicted molar refractivity (Wildman–Crippen MR) is 36.6 cm³/mol. The molecule has 3 N–H and O–H groups in total. The average molecular weight is 144 g/mol. The smallest absolute Gasteiger partial charge is 0.212 e. The van der Waals surface area contributed by atoms with E-state index in [9.17, 15) is 5.11 Å². The lowest BCUT2D eigenvalue weighted by Gasteiger charge is -2.10. The summed E-state index contributed by atoms with van der Waals surface area (Å²) >= 11 is 0. The predicted octanol–water partition coefficient (Wildman–Crippen LogP) is -0.319. The lowest BCUT2D eigenvalue weighted by atomic mass is 10.3. The van der Waals surface area contributed by atoms with E-state index >= 15 is 0 Å². The van der Waals surface area contributed by atoms with Gasteiger partial charge < -0.3 is 15.3 Å². The van der Waals surface area contributed by atoms with Crippen LogP contribution in [0.2, 0.25) is 0 Å². The van der Waals surface area contributed by atoms with E-state index < -0.39 is 5.72 Å². The molecule has 0 radical (unpaired) electrons. The van der Waals surface area contributed by atoms with E-state index in [0.29, 0.717) is 5.88 Å². The van der Waals surface area contributed by atoms with Gasteiger partial charge in [-0.3, -0.25) is 0 Å². The monoisotopic (exact) mass is 144 g/mol. The molecule has 1 aliphatic rings. The van der Waals surface area contributed by atoms with E-state index in [1.165, 1.54) is 0 Å². The Balaban J connectivity index is 2.49. The van der Waals surface area contributed by atoms with Crippen LogP contribution in [0.5, 0.6) is 0 Å². The van der Waals surface area contributed by atoms with Crippen LogP contribution in [0, 0.1) is 0 Å². The molecule has 4 nitrogen and oxygen atoms in total. The van der Waals surface area contributed by atoms with Crippen molar-refractivity contribution < 1.29 is 9.94 Å². The summed E-state index contributed by atoms with van der Waals surface area (Å²) in [7, 11) is 0. The zero-order valence-electron chi connectivity index (χ0n) is 6.14. The maximum Gasteiger partial charge on any atom is 0.212 e. The molecule has 0 bridgehead atoms. The Kier molecular flexibility index (Phi) is 1.82. The first kappa shape index (κ1) is 7.37. The van der Waals surface area contributed by atoms with Gasteiger partial charge >= 0.3 is 0 Å². The Morgan fingerprint density at radius 1 is 1.90 bits per heavy atom. The standard InChI is InChI=1S/C6H12N2O2/c1-3-7-5-4-6(2,9)8-10-5/h4,7-9H,3H2,1-2H3. The van der Waals surface area contributed by atoms with Crippen molar-refractivity contribution in [1.82, 2.24) is 10.8 Å². The molecule has 1 atom stereocenters. The molecule has 0 amide bonds. The summed E-state index contributed by atoms with van der Waals surface area (Å²) in [5.74, 6) is 0.576. The van der Waals surface area contributed by atoms with Crippen molar-refractivity contribution in [2.24, 2.45) is 0 Å². The lowest BCUT2D eigenvalue weighted by Crippen LogP contribution is -2.34. The third-order valence-corrected chi connectivity index (χ3v) is 1.13. The Labute approximate surface area is 59.8 Å². The first-order valence-corrected chi connectivity index (χ1v) is 3.27. The minimum absolute atomic E-state index is 0.576. The van der Waals surface area contributed by atoms with Crippen LogP contribution in [0.15, 0.2) is 12.0 Å². The molecule has 58 valence electrons. The molecule has 10 heavy (non-hydrogen) atoms. The summed E-state index contributed by atoms with van der Waals surface area (Å²) in [4.78, 5) is 4.86. The Bertz CT molecular complexity index is 154. The van der Waals surface area contributed by atoms with Gasteiger partial charge in [-0.2, -0.15) is 0 Å². The molecule has 0 aromatic heterocycles. The number of hydroxylamine groups is 1. The van der Waals surface area contributed by atoms with E-state index in [0.717, 1.165) is 6.54 Å². The van der Waals surface area contributed by atoms with Gasteiger partial charge in [-0.25, -0.2) is 0 Å². The average Bonchev–Trinajstić information content (AvgIpc) is 2.12. The quantitative estimate of drug-likeness (QED) is 0.497. The third-order valence-electron chi connectivity index (χ3n) is 1.13. The van der Waals surface area contributed by atoms with Crippen molar-refractivity contribution in [2.45, 2.75) is 19.6 Å². The molecule has 4 heteroatoms. The molecule has 1 unspecified atom stereocenters. The highest BCUT2D eigenvalue weighted by Gasteiger charge is 2.25. The van der Waals surface area contributed by atoms with E-state index in [4.69, 9.17) is 4.84 Å². The van der Waals surface area contributed by atoms with Crippen LogP contribution in [-0.2, 0) is 4.84 Å². The van der Waals surface area contributed by atoms with Crippen LogP contribution in [-0.4, -0.2) is 17.4 Å². The summed E-state index contributed by atoms with van der Waals surface area (Å²) in [6, 6.07) is 0. The SMILES string of the molecule is CCNC1=CC(C)(O)NO1. The zero-order chi connectivity index (χ0) is 7.61. The van der Waals surface area contributed by atoms with Crippen LogP contribution >= 0.6 is 0 Å². The van der Waals surface area contributed by atoms with Crippen molar-refractivity contribution in [2.75, 3.05) is 6.54 Å². The molecule has 0 fully saturated rings. The fourth-order valence-corrected chi connectivity index (χ4v) is 0.734. The Morgan fingerprint density at radius 2 is 2.60 bits per heavy atom. The molecule has 0 spiro atoms. The molecular weight excluding hydrogens is 132 g/mol. The van der Waals surface area contributed by atoms with Crippen molar-refractivity contribution in [3.05, 3.63) is 12.0 Å². The Morgan fingerprint density at radius 3 is 3.00 bits per heavy atom. The van der Waals surface area contributed by atoms with Crippen molar-refractivity contribution in [3.8, 4) is 0 Å². The summed E-state index contributed by atoms with van der Waals surface area (Å²) in [6.45, 7) is 4.35. The number of aliphatic hydroxyl groups is 1. The molecular formula is C6H12N2O2. The lowest BCUT2D eigenvalue weighted by molar-refractivity contribution is -0.0352. The first-order chi connectivity index (χ1) is 4.64. The topological polar surface area (TPSA) is 53.5 Å². The highest BCUT2D eigenvalue weighted by atomic mass is 16.7. The second-order valence-electron chi connectivity index (χ2n) is 2.39. The van der Waals surface area contributed by atoms with E-state index in [2.05, 4.69) is 10.8 Å². The van der Waals surface area contributed by atoms with Gasteiger partial charge in [-0.05, 0) is 13.8 Å². The van der Waals surface area contributed by atoms with Gasteiger partial charge in [0.1, 0.15) is 0 Å². The molecule has 1 heterocycles. The number of hydrogen-bond acceptors (Lipinski definition) is 4. The molecule has 1 aliphatic heterocycles. The van der Waals surface area contributed by atoms with Gasteiger partial charge in [-0.15, -0.1) is 5.48 Å². The minimum atomic E-state index is -1.03. The highest BCUT2D eigenvalue weighted by molar-refractivity contribution is 5.04. The summed E-state index contributed by atoms with van der Waals surface area (Å²) in [5, 5.41) is 12.2. The van der Waals surface area contributed by atoms with E-state index in [1.54, 1.807) is 13.0 Å². The van der Waals surface area contributed by atoms with Crippen LogP contribution in [0.1, 0.15) is 13.8 Å². The molecule has 1 rings (SSSR count). The molecule has 0 saturated heterocycles. The van der Waals surface area contributed by atoms with Crippen LogP contribution in [0.3, 0.4) is 0 Å². The van der Waals surface area contributed by atoms with Crippen molar-refractivity contribution in [3.63, 3.8) is 0 Å². The summed E-state index contributed by atoms with van der Waals surface area (Å²) in [5.41, 5.74) is 1.40. The maximum absolute atomic E-state index is 9.24. The third kappa shape index (κ3) is 1.62. The fraction of sp³-hybridized carbons (Fsp3) is 0.667. The minimum Gasteiger partial charge on any atom is -0.388 e. The van der Waals surface area contributed by atoms with Crippen LogP contribution in [0.4, 0.5) is 0 Å². The van der Waals surface area contributed by atoms with Gasteiger partial charge in [0, 0.05) is 12.6 Å². The maximum atomic E-state index is 9.24. The number of nitrogens with one attached hydrogen (secondary N) is 2. The van der Waals surface area contributed by atoms with Gasteiger partial charge in [0.15, 0.2) is 5.72 Å². The van der Waals surface area contributed by atoms with Crippen molar-refractivity contribution >= 4 is 0 Å². The number of rotatable bonds is 2. The zero-order valence-corrected chi connectivity index (χ0v) is 6.14. The molecule has 0 aromatic carbocycles. The van der Waals surface area contributed by atoms with Gasteiger partial charge in [0.05, 0.1) is 0 Å². The molecule has 0 aliphatic carbocycles. The van der Waals surface area contributed by atoms with Gasteiger partial charge in [-0.1, -0.05) is 0 Å².